The molecule has 0 aliphatic rings. The van der Waals surface area contributed by atoms with E-state index in [1.807, 2.05) is 43.1 Å². The van der Waals surface area contributed by atoms with Gasteiger partial charge in [-0.25, -0.2) is 0 Å². The Kier molecular flexibility index (Phi) is 9.77. The van der Waals surface area contributed by atoms with E-state index >= 15 is 0 Å². The van der Waals surface area contributed by atoms with Gasteiger partial charge in [0.2, 0.25) is 0 Å². The molecule has 0 fully saturated rings. The molecule has 0 spiro atoms. The fraction of sp³-hybridized carbons (Fsp3) is 0.333. The van der Waals surface area contributed by atoms with Crippen molar-refractivity contribution >= 4 is 41.5 Å². The second-order valence-corrected chi connectivity index (χ2v) is 5.91. The molecule has 2 aromatic rings. The predicted molar refractivity (Wildman–Crippen MR) is 114 cm³/mol. The number of pyridine rings is 1. The van der Waals surface area contributed by atoms with Gasteiger partial charge >= 0.3 is 0 Å². The fourth-order valence-corrected chi connectivity index (χ4v) is 2.53. The summed E-state index contributed by atoms with van der Waals surface area (Å²) >= 11 is 6.04. The Morgan fingerprint density at radius 2 is 2.04 bits per heavy atom. The van der Waals surface area contributed by atoms with Crippen molar-refractivity contribution in [3.8, 4) is 0 Å². The van der Waals surface area contributed by atoms with Gasteiger partial charge in [0.1, 0.15) is 0 Å². The van der Waals surface area contributed by atoms with Gasteiger partial charge in [0.25, 0.3) is 0 Å². The van der Waals surface area contributed by atoms with Crippen LogP contribution in [0.4, 0.5) is 0 Å². The second kappa shape index (κ2) is 11.3. The summed E-state index contributed by atoms with van der Waals surface area (Å²) in [5.41, 5.74) is 1.91. The quantitative estimate of drug-likeness (QED) is 0.382. The smallest absolute Gasteiger partial charge is 0.194 e. The summed E-state index contributed by atoms with van der Waals surface area (Å²) in [7, 11) is 1.96. The van der Waals surface area contributed by atoms with Crippen LogP contribution in [0.3, 0.4) is 0 Å². The molecule has 0 bridgehead atoms. The summed E-state index contributed by atoms with van der Waals surface area (Å²) in [6.07, 6.45) is 2.68. The van der Waals surface area contributed by atoms with Crippen molar-refractivity contribution in [1.82, 2.24) is 15.2 Å². The highest BCUT2D eigenvalue weighted by Gasteiger charge is 2.10. The molecule has 1 aromatic carbocycles. The van der Waals surface area contributed by atoms with Crippen LogP contribution in [0.15, 0.2) is 53.8 Å². The van der Waals surface area contributed by atoms with Crippen LogP contribution in [0.25, 0.3) is 0 Å². The molecule has 2 rings (SSSR count). The van der Waals surface area contributed by atoms with Crippen LogP contribution in [-0.4, -0.2) is 41.1 Å². The number of benzene rings is 1. The molecule has 0 amide bonds. The molecular weight excluding hydrogens is 451 g/mol. The number of rotatable bonds is 6. The molecule has 25 heavy (non-hydrogen) atoms. The first-order valence-corrected chi connectivity index (χ1v) is 8.29. The van der Waals surface area contributed by atoms with Crippen molar-refractivity contribution in [3.05, 3.63) is 64.9 Å². The lowest BCUT2D eigenvalue weighted by Gasteiger charge is -2.22. The standard InChI is InChI=1S/C18H23ClN4O.HI/c1-3-21-18(22-12-17(24)15-7-9-20-10-8-15)23(2)13-14-5-4-6-16(19)11-14;/h4-11,17,24H,3,12-13H2,1-2H3,(H,21,22);1H. The number of aliphatic hydroxyl groups excluding tert-OH is 1. The van der Waals surface area contributed by atoms with E-state index in [0.717, 1.165) is 28.7 Å². The number of hydrogen-bond donors (Lipinski definition) is 2. The zero-order valence-electron chi connectivity index (χ0n) is 14.4. The van der Waals surface area contributed by atoms with Gasteiger partial charge in [-0.1, -0.05) is 23.7 Å². The molecule has 1 heterocycles. The van der Waals surface area contributed by atoms with Gasteiger partial charge in [-0.05, 0) is 42.3 Å². The van der Waals surface area contributed by atoms with E-state index in [1.165, 1.54) is 0 Å². The number of aromatic nitrogens is 1. The molecule has 0 radical (unpaired) electrons. The van der Waals surface area contributed by atoms with E-state index in [2.05, 4.69) is 15.3 Å². The summed E-state index contributed by atoms with van der Waals surface area (Å²) in [6.45, 7) is 3.73. The molecule has 5 nitrogen and oxygen atoms in total. The lowest BCUT2D eigenvalue weighted by molar-refractivity contribution is 0.186. The first kappa shape index (κ1) is 21.7. The number of halogens is 2. The molecular formula is C18H24ClIN4O. The third-order valence-corrected chi connectivity index (χ3v) is 3.75. The maximum atomic E-state index is 10.2. The minimum atomic E-state index is -0.652. The fourth-order valence-electron chi connectivity index (χ4n) is 2.32. The van der Waals surface area contributed by atoms with Crippen LogP contribution in [0.5, 0.6) is 0 Å². The average Bonchev–Trinajstić information content (AvgIpc) is 2.59. The largest absolute Gasteiger partial charge is 0.386 e. The second-order valence-electron chi connectivity index (χ2n) is 5.48. The van der Waals surface area contributed by atoms with Gasteiger partial charge in [-0.15, -0.1) is 24.0 Å². The van der Waals surface area contributed by atoms with Gasteiger partial charge in [-0.2, -0.15) is 0 Å². The topological polar surface area (TPSA) is 60.8 Å². The minimum absolute atomic E-state index is 0. The molecule has 1 aromatic heterocycles. The summed E-state index contributed by atoms with van der Waals surface area (Å²) in [6, 6.07) is 11.3. The third-order valence-electron chi connectivity index (χ3n) is 3.51. The summed E-state index contributed by atoms with van der Waals surface area (Å²) in [5.74, 6) is 0.741. The third kappa shape index (κ3) is 7.17. The van der Waals surface area contributed by atoms with Crippen molar-refractivity contribution in [3.63, 3.8) is 0 Å². The van der Waals surface area contributed by atoms with E-state index in [1.54, 1.807) is 24.5 Å². The van der Waals surface area contributed by atoms with E-state index in [-0.39, 0.29) is 30.5 Å². The molecule has 0 aliphatic heterocycles. The van der Waals surface area contributed by atoms with Crippen molar-refractivity contribution in [2.24, 2.45) is 4.99 Å². The molecule has 1 atom stereocenters. The van der Waals surface area contributed by atoms with E-state index in [9.17, 15) is 5.11 Å². The van der Waals surface area contributed by atoms with Crippen molar-refractivity contribution in [1.29, 1.82) is 0 Å². The number of aliphatic hydroxyl groups is 1. The Balaban J connectivity index is 0.00000312. The number of hydrogen-bond acceptors (Lipinski definition) is 3. The Labute approximate surface area is 171 Å². The van der Waals surface area contributed by atoms with Gasteiger partial charge in [0.15, 0.2) is 5.96 Å². The highest BCUT2D eigenvalue weighted by atomic mass is 127. The van der Waals surface area contributed by atoms with Crippen molar-refractivity contribution < 1.29 is 5.11 Å². The van der Waals surface area contributed by atoms with E-state index in [4.69, 9.17) is 11.6 Å². The lowest BCUT2D eigenvalue weighted by Crippen LogP contribution is -2.38. The Morgan fingerprint density at radius 1 is 1.32 bits per heavy atom. The number of nitrogens with one attached hydrogen (secondary N) is 1. The lowest BCUT2D eigenvalue weighted by atomic mass is 10.1. The molecule has 136 valence electrons. The summed E-state index contributed by atoms with van der Waals surface area (Å²) in [5, 5.41) is 14.2. The molecule has 0 saturated carbocycles. The minimum Gasteiger partial charge on any atom is -0.386 e. The normalized spacial score (nSPS) is 12.2. The monoisotopic (exact) mass is 474 g/mol. The Bertz CT molecular complexity index is 669. The van der Waals surface area contributed by atoms with Crippen LogP contribution in [-0.2, 0) is 6.54 Å². The maximum Gasteiger partial charge on any atom is 0.194 e. The zero-order valence-corrected chi connectivity index (χ0v) is 17.5. The number of guanidine groups is 1. The van der Waals surface area contributed by atoms with Crippen LogP contribution in [0.2, 0.25) is 5.02 Å². The Morgan fingerprint density at radius 3 is 2.68 bits per heavy atom. The summed E-state index contributed by atoms with van der Waals surface area (Å²) < 4.78 is 0. The predicted octanol–water partition coefficient (Wildman–Crippen LogP) is 3.48. The van der Waals surface area contributed by atoms with Crippen LogP contribution in [0, 0.1) is 0 Å². The van der Waals surface area contributed by atoms with Crippen LogP contribution in [0.1, 0.15) is 24.2 Å². The first-order chi connectivity index (χ1) is 11.6. The first-order valence-electron chi connectivity index (χ1n) is 7.92. The van der Waals surface area contributed by atoms with E-state index in [0.29, 0.717) is 6.54 Å². The van der Waals surface area contributed by atoms with Gasteiger partial charge in [-0.3, -0.25) is 9.98 Å². The van der Waals surface area contributed by atoms with Gasteiger partial charge in [0.05, 0.1) is 12.6 Å². The summed E-state index contributed by atoms with van der Waals surface area (Å²) in [4.78, 5) is 10.5. The molecule has 0 aliphatic carbocycles. The van der Waals surface area contributed by atoms with Gasteiger partial charge < -0.3 is 15.3 Å². The van der Waals surface area contributed by atoms with Crippen LogP contribution < -0.4 is 5.32 Å². The van der Waals surface area contributed by atoms with Crippen molar-refractivity contribution in [2.45, 2.75) is 19.6 Å². The Hall–Kier alpha value is -1.38. The highest BCUT2D eigenvalue weighted by molar-refractivity contribution is 14.0. The number of nitrogens with zero attached hydrogens (tertiary/aromatic N) is 3. The van der Waals surface area contributed by atoms with Crippen LogP contribution >= 0.6 is 35.6 Å². The molecule has 0 saturated heterocycles. The number of aliphatic imine (C=N–C) groups is 1. The van der Waals surface area contributed by atoms with E-state index < -0.39 is 6.10 Å². The molecule has 2 N–H and O–H groups in total. The highest BCUT2D eigenvalue weighted by Crippen LogP contribution is 2.13. The molecule has 1 unspecified atom stereocenters. The van der Waals surface area contributed by atoms with Gasteiger partial charge in [0, 0.05) is 37.6 Å². The SMILES string of the molecule is CCNC(=NCC(O)c1ccncc1)N(C)Cc1cccc(Cl)c1.I. The maximum absolute atomic E-state index is 10.2. The van der Waals surface area contributed by atoms with Crippen molar-refractivity contribution in [2.75, 3.05) is 20.1 Å². The zero-order chi connectivity index (χ0) is 17.4. The molecule has 7 heteroatoms. The average molecular weight is 475 g/mol.